The van der Waals surface area contributed by atoms with E-state index in [1.54, 1.807) is 0 Å². The second-order valence-electron chi connectivity index (χ2n) is 7.59. The fourth-order valence-corrected chi connectivity index (χ4v) is 4.70. The van der Waals surface area contributed by atoms with Crippen molar-refractivity contribution >= 4 is 22.5 Å². The van der Waals surface area contributed by atoms with Crippen molar-refractivity contribution in [2.24, 2.45) is 5.92 Å². The molecule has 3 heterocycles. The summed E-state index contributed by atoms with van der Waals surface area (Å²) in [5.74, 6) is 0.560. The number of para-hydroxylation sites is 1. The molecular formula is C22H23ClN4. The SMILES string of the molecule is Clc1cccc2ccc(CN3CCC4NNC(c5ccccc5)C4C3)nc12. The Bertz CT molecular complexity index is 945. The van der Waals surface area contributed by atoms with Crippen LogP contribution in [0.15, 0.2) is 60.7 Å². The molecule has 0 amide bonds. The van der Waals surface area contributed by atoms with E-state index in [-0.39, 0.29) is 0 Å². The van der Waals surface area contributed by atoms with Gasteiger partial charge in [0.25, 0.3) is 0 Å². The average Bonchev–Trinajstić information content (AvgIpc) is 3.13. The quantitative estimate of drug-likeness (QED) is 0.724. The zero-order valence-corrected chi connectivity index (χ0v) is 15.9. The van der Waals surface area contributed by atoms with Crippen molar-refractivity contribution in [3.63, 3.8) is 0 Å². The Morgan fingerprint density at radius 3 is 2.78 bits per heavy atom. The van der Waals surface area contributed by atoms with Crippen LogP contribution < -0.4 is 10.9 Å². The Morgan fingerprint density at radius 2 is 1.89 bits per heavy atom. The summed E-state index contributed by atoms with van der Waals surface area (Å²) < 4.78 is 0. The van der Waals surface area contributed by atoms with Gasteiger partial charge in [-0.05, 0) is 24.1 Å². The summed E-state index contributed by atoms with van der Waals surface area (Å²) in [7, 11) is 0. The van der Waals surface area contributed by atoms with Crippen LogP contribution in [0.5, 0.6) is 0 Å². The van der Waals surface area contributed by atoms with E-state index in [2.05, 4.69) is 64.3 Å². The number of fused-ring (bicyclic) bond motifs is 2. The van der Waals surface area contributed by atoms with Gasteiger partial charge in [-0.2, -0.15) is 0 Å². The minimum Gasteiger partial charge on any atom is -0.297 e. The molecule has 5 rings (SSSR count). The predicted molar refractivity (Wildman–Crippen MR) is 109 cm³/mol. The first-order chi connectivity index (χ1) is 13.3. The van der Waals surface area contributed by atoms with E-state index in [0.717, 1.165) is 47.7 Å². The Morgan fingerprint density at radius 1 is 1.00 bits per heavy atom. The lowest BCUT2D eigenvalue weighted by atomic mass is 9.85. The third kappa shape index (κ3) is 3.34. The van der Waals surface area contributed by atoms with Gasteiger partial charge in [0.15, 0.2) is 0 Å². The summed E-state index contributed by atoms with van der Waals surface area (Å²) in [6.45, 7) is 3.01. The van der Waals surface area contributed by atoms with Crippen molar-refractivity contribution in [1.29, 1.82) is 0 Å². The summed E-state index contributed by atoms with van der Waals surface area (Å²) >= 11 is 6.34. The molecule has 0 aliphatic carbocycles. The molecule has 0 radical (unpaired) electrons. The highest BCUT2D eigenvalue weighted by molar-refractivity contribution is 6.35. The summed E-state index contributed by atoms with van der Waals surface area (Å²) in [4.78, 5) is 7.35. The van der Waals surface area contributed by atoms with Crippen LogP contribution in [0.3, 0.4) is 0 Å². The number of benzene rings is 2. The van der Waals surface area contributed by atoms with Crippen molar-refractivity contribution in [2.75, 3.05) is 13.1 Å². The van der Waals surface area contributed by atoms with E-state index in [9.17, 15) is 0 Å². The molecule has 2 aliphatic heterocycles. The largest absolute Gasteiger partial charge is 0.297 e. The van der Waals surface area contributed by atoms with Crippen LogP contribution in [0.25, 0.3) is 10.9 Å². The molecule has 3 aromatic rings. The van der Waals surface area contributed by atoms with E-state index in [0.29, 0.717) is 18.0 Å². The monoisotopic (exact) mass is 378 g/mol. The van der Waals surface area contributed by atoms with Crippen LogP contribution in [0.1, 0.15) is 23.7 Å². The first kappa shape index (κ1) is 17.1. The summed E-state index contributed by atoms with van der Waals surface area (Å²) in [6.07, 6.45) is 1.15. The zero-order valence-electron chi connectivity index (χ0n) is 15.1. The molecule has 5 heteroatoms. The van der Waals surface area contributed by atoms with Crippen LogP contribution in [0.4, 0.5) is 0 Å². The zero-order chi connectivity index (χ0) is 18.2. The molecule has 3 unspecified atom stereocenters. The third-order valence-electron chi connectivity index (χ3n) is 5.87. The molecule has 0 saturated carbocycles. The van der Waals surface area contributed by atoms with Gasteiger partial charge in [0, 0.05) is 37.0 Å². The van der Waals surface area contributed by atoms with Gasteiger partial charge in [0.2, 0.25) is 0 Å². The summed E-state index contributed by atoms with van der Waals surface area (Å²) in [6, 6.07) is 21.8. The molecule has 0 spiro atoms. The normalized spacial score (nSPS) is 25.6. The van der Waals surface area contributed by atoms with Gasteiger partial charge in [0.05, 0.1) is 22.3 Å². The number of likely N-dealkylation sites (tertiary alicyclic amines) is 1. The lowest BCUT2D eigenvalue weighted by Crippen LogP contribution is -2.45. The fourth-order valence-electron chi connectivity index (χ4n) is 4.48. The summed E-state index contributed by atoms with van der Waals surface area (Å²) in [5.41, 5.74) is 10.4. The first-order valence-electron chi connectivity index (χ1n) is 9.60. The number of hydrogen-bond acceptors (Lipinski definition) is 4. The maximum absolute atomic E-state index is 6.34. The minimum absolute atomic E-state index is 0.359. The fraction of sp³-hybridized carbons (Fsp3) is 0.318. The maximum Gasteiger partial charge on any atom is 0.0891 e. The molecular weight excluding hydrogens is 356 g/mol. The lowest BCUT2D eigenvalue weighted by Gasteiger charge is -2.36. The molecule has 4 nitrogen and oxygen atoms in total. The minimum atomic E-state index is 0.359. The van der Waals surface area contributed by atoms with Gasteiger partial charge < -0.3 is 0 Å². The molecule has 2 aliphatic rings. The highest BCUT2D eigenvalue weighted by Gasteiger charge is 2.40. The van der Waals surface area contributed by atoms with Crippen LogP contribution in [-0.4, -0.2) is 29.0 Å². The number of halogens is 1. The summed E-state index contributed by atoms with van der Waals surface area (Å²) in [5, 5.41) is 1.82. The van der Waals surface area contributed by atoms with Gasteiger partial charge in [-0.1, -0.05) is 60.1 Å². The van der Waals surface area contributed by atoms with Gasteiger partial charge in [-0.25, -0.2) is 10.4 Å². The van der Waals surface area contributed by atoms with Gasteiger partial charge in [-0.15, -0.1) is 0 Å². The first-order valence-corrected chi connectivity index (χ1v) is 9.98. The van der Waals surface area contributed by atoms with E-state index in [1.165, 1.54) is 5.56 Å². The maximum atomic E-state index is 6.34. The highest BCUT2D eigenvalue weighted by Crippen LogP contribution is 2.34. The van der Waals surface area contributed by atoms with Crippen molar-refractivity contribution in [1.82, 2.24) is 20.7 Å². The second-order valence-corrected chi connectivity index (χ2v) is 7.99. The van der Waals surface area contributed by atoms with E-state index >= 15 is 0 Å². The number of hydrogen-bond donors (Lipinski definition) is 2. The van der Waals surface area contributed by atoms with Crippen LogP contribution >= 0.6 is 11.6 Å². The molecule has 2 N–H and O–H groups in total. The van der Waals surface area contributed by atoms with Crippen molar-refractivity contribution in [3.05, 3.63) is 76.9 Å². The lowest BCUT2D eigenvalue weighted by molar-refractivity contribution is 0.147. The molecule has 1 aromatic heterocycles. The van der Waals surface area contributed by atoms with Gasteiger partial charge in [0.1, 0.15) is 0 Å². The smallest absolute Gasteiger partial charge is 0.0891 e. The molecule has 3 atom stereocenters. The number of nitrogens with zero attached hydrogens (tertiary/aromatic N) is 2. The Balaban J connectivity index is 1.34. The number of hydrazine groups is 1. The third-order valence-corrected chi connectivity index (χ3v) is 6.17. The van der Waals surface area contributed by atoms with E-state index in [4.69, 9.17) is 16.6 Å². The molecule has 27 heavy (non-hydrogen) atoms. The molecule has 0 bridgehead atoms. The Hall–Kier alpha value is -1.98. The number of rotatable bonds is 3. The van der Waals surface area contributed by atoms with Crippen LogP contribution in [-0.2, 0) is 6.54 Å². The van der Waals surface area contributed by atoms with E-state index < -0.39 is 0 Å². The predicted octanol–water partition coefficient (Wildman–Crippen LogP) is 3.93. The Labute approximate surface area is 164 Å². The standard InChI is InChI=1S/C22H23ClN4/c23-19-8-4-7-16-9-10-17(24-22(16)19)13-27-12-11-20-18(14-27)21(26-25-20)15-5-2-1-3-6-15/h1-10,18,20-21,25-26H,11-14H2. The number of aromatic nitrogens is 1. The van der Waals surface area contributed by atoms with Gasteiger partial charge in [-0.3, -0.25) is 10.3 Å². The van der Waals surface area contributed by atoms with Crippen molar-refractivity contribution < 1.29 is 0 Å². The van der Waals surface area contributed by atoms with Crippen molar-refractivity contribution in [2.45, 2.75) is 25.0 Å². The second kappa shape index (κ2) is 7.21. The van der Waals surface area contributed by atoms with Crippen LogP contribution in [0, 0.1) is 5.92 Å². The molecule has 2 fully saturated rings. The number of pyridine rings is 1. The molecule has 138 valence electrons. The average molecular weight is 379 g/mol. The van der Waals surface area contributed by atoms with Crippen LogP contribution in [0.2, 0.25) is 5.02 Å². The number of nitrogens with one attached hydrogen (secondary N) is 2. The molecule has 2 saturated heterocycles. The Kier molecular flexibility index (Phi) is 4.58. The van der Waals surface area contributed by atoms with Gasteiger partial charge >= 0.3 is 0 Å². The number of piperidine rings is 1. The molecule has 2 aromatic carbocycles. The topological polar surface area (TPSA) is 40.2 Å². The van der Waals surface area contributed by atoms with Crippen molar-refractivity contribution in [3.8, 4) is 0 Å². The highest BCUT2D eigenvalue weighted by atomic mass is 35.5. The van der Waals surface area contributed by atoms with E-state index in [1.807, 2.05) is 12.1 Å².